The van der Waals surface area contributed by atoms with Gasteiger partial charge >= 0.3 is 0 Å². The molecule has 1 aromatic heterocycles. The lowest BCUT2D eigenvalue weighted by molar-refractivity contribution is 0.143. The number of hydrogen-bond acceptors (Lipinski definition) is 4. The molecule has 4 heteroatoms. The highest BCUT2D eigenvalue weighted by molar-refractivity contribution is 5.10. The molecule has 2 aliphatic heterocycles. The second-order valence-electron chi connectivity index (χ2n) is 5.08. The maximum Gasteiger partial charge on any atom is 0.247 e. The van der Waals surface area contributed by atoms with E-state index in [2.05, 4.69) is 28.9 Å². The minimum absolute atomic E-state index is 0.112. The predicted molar refractivity (Wildman–Crippen MR) is 66.7 cm³/mol. The van der Waals surface area contributed by atoms with Gasteiger partial charge in [-0.1, -0.05) is 25.4 Å². The highest BCUT2D eigenvalue weighted by Crippen LogP contribution is 2.45. The van der Waals surface area contributed by atoms with Gasteiger partial charge in [0, 0.05) is 0 Å². The molecule has 4 nitrogen and oxygen atoms in total. The molecule has 2 aliphatic rings. The van der Waals surface area contributed by atoms with Crippen LogP contribution in [-0.4, -0.2) is 28.1 Å². The molecule has 0 spiro atoms. The van der Waals surface area contributed by atoms with E-state index in [0.717, 1.165) is 11.7 Å². The van der Waals surface area contributed by atoms with Gasteiger partial charge in [-0.15, -0.1) is 0 Å². The molecule has 0 aromatic carbocycles. The molecule has 2 fully saturated rings. The molecule has 3 heterocycles. The van der Waals surface area contributed by atoms with Crippen LogP contribution in [0.15, 0.2) is 4.52 Å². The maximum absolute atomic E-state index is 5.35. The van der Waals surface area contributed by atoms with Crippen LogP contribution in [-0.2, 0) is 5.54 Å². The third-order valence-corrected chi connectivity index (χ3v) is 3.57. The van der Waals surface area contributed by atoms with E-state index in [1.165, 1.54) is 45.2 Å². The van der Waals surface area contributed by atoms with Crippen molar-refractivity contribution in [1.29, 1.82) is 0 Å². The minimum atomic E-state index is 0.112. The minimum Gasteiger partial charge on any atom is -0.337 e. The Morgan fingerprint density at radius 2 is 1.82 bits per heavy atom. The van der Waals surface area contributed by atoms with Crippen molar-refractivity contribution in [3.05, 3.63) is 11.7 Å². The zero-order valence-electron chi connectivity index (χ0n) is 11.2. The van der Waals surface area contributed by atoms with Gasteiger partial charge in [-0.05, 0) is 45.7 Å². The molecule has 2 saturated heterocycles. The van der Waals surface area contributed by atoms with E-state index < -0.39 is 0 Å². The fourth-order valence-corrected chi connectivity index (χ4v) is 2.94. The molecule has 0 radical (unpaired) electrons. The van der Waals surface area contributed by atoms with Gasteiger partial charge in [0.25, 0.3) is 0 Å². The SMILES string of the molecule is CCC.Cc1noc(C23CCCN2CCC3)n1. The topological polar surface area (TPSA) is 42.2 Å². The van der Waals surface area contributed by atoms with Crippen molar-refractivity contribution < 1.29 is 4.52 Å². The Morgan fingerprint density at radius 1 is 1.24 bits per heavy atom. The summed E-state index contributed by atoms with van der Waals surface area (Å²) >= 11 is 0. The first kappa shape index (κ1) is 12.6. The van der Waals surface area contributed by atoms with E-state index in [1.54, 1.807) is 0 Å². The Labute approximate surface area is 103 Å². The molecule has 0 atom stereocenters. The van der Waals surface area contributed by atoms with Crippen LogP contribution in [0.4, 0.5) is 0 Å². The van der Waals surface area contributed by atoms with E-state index in [4.69, 9.17) is 4.52 Å². The van der Waals surface area contributed by atoms with Crippen molar-refractivity contribution in [2.24, 2.45) is 0 Å². The van der Waals surface area contributed by atoms with Gasteiger partial charge in [-0.25, -0.2) is 0 Å². The highest BCUT2D eigenvalue weighted by atomic mass is 16.5. The summed E-state index contributed by atoms with van der Waals surface area (Å²) in [5.74, 6) is 1.61. The lowest BCUT2D eigenvalue weighted by Crippen LogP contribution is -2.35. The molecule has 0 aliphatic carbocycles. The van der Waals surface area contributed by atoms with Crippen molar-refractivity contribution in [3.63, 3.8) is 0 Å². The summed E-state index contributed by atoms with van der Waals surface area (Å²) in [7, 11) is 0. The van der Waals surface area contributed by atoms with Gasteiger partial charge < -0.3 is 4.52 Å². The third kappa shape index (κ3) is 2.23. The summed E-state index contributed by atoms with van der Waals surface area (Å²) in [6.07, 6.45) is 6.16. The van der Waals surface area contributed by atoms with Gasteiger partial charge in [-0.2, -0.15) is 4.98 Å². The van der Waals surface area contributed by atoms with Crippen molar-refractivity contribution in [2.45, 2.75) is 58.4 Å². The first-order chi connectivity index (χ1) is 8.23. The van der Waals surface area contributed by atoms with Gasteiger partial charge in [0.2, 0.25) is 5.89 Å². The molecule has 96 valence electrons. The molecule has 0 unspecified atom stereocenters. The largest absolute Gasteiger partial charge is 0.337 e. The molecule has 0 bridgehead atoms. The molecule has 1 aromatic rings. The maximum atomic E-state index is 5.35. The standard InChI is InChI=1S/C10H15N3O.C3H8/c1-8-11-9(14-12-8)10-4-2-6-13(10)7-3-5-10;1-3-2/h2-7H2,1H3;3H2,1-2H3. The zero-order valence-corrected chi connectivity index (χ0v) is 11.2. The van der Waals surface area contributed by atoms with Crippen LogP contribution >= 0.6 is 0 Å². The summed E-state index contributed by atoms with van der Waals surface area (Å²) in [5, 5.41) is 3.90. The molecule has 3 rings (SSSR count). The van der Waals surface area contributed by atoms with Crippen LogP contribution in [0, 0.1) is 6.92 Å². The molecule has 17 heavy (non-hydrogen) atoms. The van der Waals surface area contributed by atoms with Crippen LogP contribution in [0.2, 0.25) is 0 Å². The average molecular weight is 237 g/mol. The van der Waals surface area contributed by atoms with E-state index in [0.29, 0.717) is 0 Å². The second-order valence-corrected chi connectivity index (χ2v) is 5.08. The molecular weight excluding hydrogens is 214 g/mol. The predicted octanol–water partition coefficient (Wildman–Crippen LogP) is 2.88. The number of nitrogens with zero attached hydrogens (tertiary/aromatic N) is 3. The Balaban J connectivity index is 0.000000329. The van der Waals surface area contributed by atoms with E-state index in [-0.39, 0.29) is 5.54 Å². The van der Waals surface area contributed by atoms with Gasteiger partial charge in [0.05, 0.1) is 0 Å². The van der Waals surface area contributed by atoms with Crippen molar-refractivity contribution in [3.8, 4) is 0 Å². The third-order valence-electron chi connectivity index (χ3n) is 3.57. The Bertz CT molecular complexity index is 351. The van der Waals surface area contributed by atoms with Gasteiger partial charge in [-0.3, -0.25) is 4.90 Å². The quantitative estimate of drug-likeness (QED) is 0.753. The smallest absolute Gasteiger partial charge is 0.247 e. The monoisotopic (exact) mass is 237 g/mol. The van der Waals surface area contributed by atoms with E-state index >= 15 is 0 Å². The molecule has 0 saturated carbocycles. The van der Waals surface area contributed by atoms with Crippen LogP contribution in [0.5, 0.6) is 0 Å². The van der Waals surface area contributed by atoms with Crippen molar-refractivity contribution >= 4 is 0 Å². The van der Waals surface area contributed by atoms with Gasteiger partial charge in [0.1, 0.15) is 5.54 Å². The van der Waals surface area contributed by atoms with Crippen LogP contribution in [0.25, 0.3) is 0 Å². The van der Waals surface area contributed by atoms with Crippen molar-refractivity contribution in [2.75, 3.05) is 13.1 Å². The summed E-state index contributed by atoms with van der Waals surface area (Å²) in [6.45, 7) is 8.53. The normalized spacial score (nSPS) is 22.1. The lowest BCUT2D eigenvalue weighted by atomic mass is 9.94. The molecule has 0 amide bonds. The van der Waals surface area contributed by atoms with Crippen LogP contribution < -0.4 is 0 Å². The molecular formula is C13H23N3O. The number of fused-ring (bicyclic) bond motifs is 1. The Hall–Kier alpha value is -0.900. The van der Waals surface area contributed by atoms with E-state index in [9.17, 15) is 0 Å². The molecule has 0 N–H and O–H groups in total. The van der Waals surface area contributed by atoms with Crippen molar-refractivity contribution in [1.82, 2.24) is 15.0 Å². The lowest BCUT2D eigenvalue weighted by Gasteiger charge is -2.27. The second kappa shape index (κ2) is 5.17. The van der Waals surface area contributed by atoms with Crippen LogP contribution in [0.3, 0.4) is 0 Å². The fraction of sp³-hybridized carbons (Fsp3) is 0.846. The van der Waals surface area contributed by atoms with Gasteiger partial charge in [0.15, 0.2) is 5.82 Å². The number of rotatable bonds is 1. The Kier molecular flexibility index (Phi) is 3.82. The summed E-state index contributed by atoms with van der Waals surface area (Å²) in [6, 6.07) is 0. The highest BCUT2D eigenvalue weighted by Gasteiger charge is 2.49. The van der Waals surface area contributed by atoms with E-state index in [1.807, 2.05) is 6.92 Å². The number of hydrogen-bond donors (Lipinski definition) is 0. The summed E-state index contributed by atoms with van der Waals surface area (Å²) < 4.78 is 5.35. The fourth-order valence-electron chi connectivity index (χ4n) is 2.94. The number of aryl methyl sites for hydroxylation is 1. The first-order valence-corrected chi connectivity index (χ1v) is 6.78. The average Bonchev–Trinajstić information content (AvgIpc) is 2.91. The summed E-state index contributed by atoms with van der Waals surface area (Å²) in [5.41, 5.74) is 0.112. The summed E-state index contributed by atoms with van der Waals surface area (Å²) in [4.78, 5) is 6.92. The Morgan fingerprint density at radius 3 is 2.29 bits per heavy atom. The van der Waals surface area contributed by atoms with Crippen LogP contribution in [0.1, 0.15) is 57.7 Å². The number of aromatic nitrogens is 2. The first-order valence-electron chi connectivity index (χ1n) is 6.78. The zero-order chi connectivity index (χ0) is 12.3.